The van der Waals surface area contributed by atoms with Crippen molar-refractivity contribution < 1.29 is 18.0 Å². The molecule has 1 aromatic carbocycles. The third kappa shape index (κ3) is 4.28. The van der Waals surface area contributed by atoms with Crippen LogP contribution in [0, 0.1) is 17.3 Å². The molecule has 6 nitrogen and oxygen atoms in total. The molecule has 0 heterocycles. The van der Waals surface area contributed by atoms with Crippen LogP contribution in [0.15, 0.2) is 40.8 Å². The molecule has 0 aliphatic heterocycles. The fourth-order valence-corrected chi connectivity index (χ4v) is 3.60. The minimum absolute atomic E-state index is 0.136. The van der Waals surface area contributed by atoms with Gasteiger partial charge in [-0.3, -0.25) is 20.4 Å². The molecule has 1 saturated carbocycles. The molecule has 7 heteroatoms. The highest BCUT2D eigenvalue weighted by molar-refractivity contribution is 7.90. The molecule has 1 aliphatic rings. The Morgan fingerprint density at radius 1 is 1.08 bits per heavy atom. The fraction of sp³-hybridized carbons (Fsp3) is 0.444. The van der Waals surface area contributed by atoms with E-state index in [1.54, 1.807) is 0 Å². The molecule has 0 bridgehead atoms. The monoisotopic (exact) mass is 364 g/mol. The van der Waals surface area contributed by atoms with Crippen LogP contribution in [0.2, 0.25) is 0 Å². The van der Waals surface area contributed by atoms with Crippen LogP contribution in [0.3, 0.4) is 0 Å². The summed E-state index contributed by atoms with van der Waals surface area (Å²) in [7, 11) is -3.31. The van der Waals surface area contributed by atoms with Gasteiger partial charge >= 0.3 is 0 Å². The number of benzene rings is 1. The lowest BCUT2D eigenvalue weighted by Gasteiger charge is -2.08. The van der Waals surface area contributed by atoms with Gasteiger partial charge in [-0.2, -0.15) is 0 Å². The Labute approximate surface area is 148 Å². The first-order valence-electron chi connectivity index (χ1n) is 8.00. The maximum Gasteiger partial charge on any atom is 0.269 e. The maximum atomic E-state index is 12.3. The molecule has 2 N–H and O–H groups in total. The molecular formula is C18H24N2O4S. The molecule has 1 aromatic rings. The Morgan fingerprint density at radius 3 is 2.12 bits per heavy atom. The number of carbonyl (C=O) groups excluding carboxylic acids is 2. The van der Waals surface area contributed by atoms with E-state index in [4.69, 9.17) is 0 Å². The van der Waals surface area contributed by atoms with Crippen LogP contribution in [0.25, 0.3) is 0 Å². The highest BCUT2D eigenvalue weighted by atomic mass is 32.2. The van der Waals surface area contributed by atoms with Crippen molar-refractivity contribution in [3.63, 3.8) is 0 Å². The van der Waals surface area contributed by atoms with E-state index in [9.17, 15) is 18.0 Å². The van der Waals surface area contributed by atoms with Crippen molar-refractivity contribution in [2.45, 2.75) is 32.6 Å². The quantitative estimate of drug-likeness (QED) is 0.632. The molecule has 0 saturated heterocycles. The van der Waals surface area contributed by atoms with E-state index in [-0.39, 0.29) is 33.6 Å². The van der Waals surface area contributed by atoms with Crippen LogP contribution in [-0.4, -0.2) is 26.5 Å². The zero-order valence-electron chi connectivity index (χ0n) is 15.1. The summed E-state index contributed by atoms with van der Waals surface area (Å²) < 4.78 is 22.8. The highest BCUT2D eigenvalue weighted by Gasteiger charge is 2.60. The predicted molar refractivity (Wildman–Crippen MR) is 95.4 cm³/mol. The molecule has 0 radical (unpaired) electrons. The lowest BCUT2D eigenvalue weighted by molar-refractivity contribution is -0.123. The average Bonchev–Trinajstić information content (AvgIpc) is 3.03. The van der Waals surface area contributed by atoms with Gasteiger partial charge in [0, 0.05) is 11.8 Å². The Morgan fingerprint density at radius 2 is 1.64 bits per heavy atom. The second-order valence-electron chi connectivity index (χ2n) is 7.31. The standard InChI is InChI=1S/C18H24N2O4S/c1-11(2)10-14-15(18(14,3)4)17(22)20-19-16(21)12-6-8-13(9-7-12)25(5,23)24/h6-10,14-15H,1-5H3,(H,19,21)(H,20,22). The van der Waals surface area contributed by atoms with Crippen molar-refractivity contribution >= 4 is 21.7 Å². The number of amides is 2. The van der Waals surface area contributed by atoms with Crippen molar-refractivity contribution in [3.8, 4) is 0 Å². The first-order chi connectivity index (χ1) is 11.4. The van der Waals surface area contributed by atoms with Gasteiger partial charge in [-0.1, -0.05) is 25.5 Å². The second kappa shape index (κ2) is 6.63. The van der Waals surface area contributed by atoms with E-state index >= 15 is 0 Å². The van der Waals surface area contributed by atoms with Gasteiger partial charge in [0.25, 0.3) is 5.91 Å². The summed E-state index contributed by atoms with van der Waals surface area (Å²) in [6, 6.07) is 5.54. The van der Waals surface area contributed by atoms with Gasteiger partial charge in [-0.25, -0.2) is 8.42 Å². The smallest absolute Gasteiger partial charge is 0.269 e. The van der Waals surface area contributed by atoms with Crippen molar-refractivity contribution in [3.05, 3.63) is 41.5 Å². The third-order valence-electron chi connectivity index (χ3n) is 4.55. The molecule has 25 heavy (non-hydrogen) atoms. The van der Waals surface area contributed by atoms with Crippen molar-refractivity contribution in [1.29, 1.82) is 0 Å². The Balaban J connectivity index is 1.96. The summed E-state index contributed by atoms with van der Waals surface area (Å²) in [5.74, 6) is -0.752. The maximum absolute atomic E-state index is 12.3. The molecule has 2 rings (SSSR count). The lowest BCUT2D eigenvalue weighted by atomic mass is 10.1. The molecule has 2 atom stereocenters. The van der Waals surface area contributed by atoms with Crippen LogP contribution in [-0.2, 0) is 14.6 Å². The fourth-order valence-electron chi connectivity index (χ4n) is 2.97. The molecule has 136 valence electrons. The minimum Gasteiger partial charge on any atom is -0.273 e. The normalized spacial score (nSPS) is 21.2. The predicted octanol–water partition coefficient (Wildman–Crippen LogP) is 2.09. The molecule has 1 aliphatic carbocycles. The summed E-state index contributed by atoms with van der Waals surface area (Å²) in [5, 5.41) is 0. The van der Waals surface area contributed by atoms with Gasteiger partial charge in [0.1, 0.15) is 0 Å². The van der Waals surface area contributed by atoms with Gasteiger partial charge in [0.15, 0.2) is 9.84 Å². The number of hydrazine groups is 1. The van der Waals surface area contributed by atoms with Crippen LogP contribution in [0.5, 0.6) is 0 Å². The molecule has 2 amide bonds. The SMILES string of the molecule is CC(C)=CC1C(C(=O)NNC(=O)c2ccc(S(C)(=O)=O)cc2)C1(C)C. The minimum atomic E-state index is -3.31. The number of carbonyl (C=O) groups is 2. The Hall–Kier alpha value is -2.15. The largest absolute Gasteiger partial charge is 0.273 e. The third-order valence-corrected chi connectivity index (χ3v) is 5.68. The van der Waals surface area contributed by atoms with Crippen molar-refractivity contribution in [1.82, 2.24) is 10.9 Å². The van der Waals surface area contributed by atoms with Gasteiger partial charge in [0.05, 0.1) is 10.8 Å². The van der Waals surface area contributed by atoms with Crippen LogP contribution in [0.4, 0.5) is 0 Å². The molecule has 0 aromatic heterocycles. The zero-order valence-corrected chi connectivity index (χ0v) is 15.9. The topological polar surface area (TPSA) is 92.3 Å². The van der Waals surface area contributed by atoms with E-state index in [0.717, 1.165) is 11.8 Å². The van der Waals surface area contributed by atoms with Gasteiger partial charge < -0.3 is 0 Å². The lowest BCUT2D eigenvalue weighted by Crippen LogP contribution is -2.43. The first kappa shape index (κ1) is 19.2. The van der Waals surface area contributed by atoms with Crippen LogP contribution in [0.1, 0.15) is 38.1 Å². The van der Waals surface area contributed by atoms with Gasteiger partial charge in [-0.15, -0.1) is 0 Å². The van der Waals surface area contributed by atoms with E-state index in [1.165, 1.54) is 24.3 Å². The van der Waals surface area contributed by atoms with E-state index in [0.29, 0.717) is 0 Å². The molecular weight excluding hydrogens is 340 g/mol. The second-order valence-corrected chi connectivity index (χ2v) is 9.32. The zero-order chi connectivity index (χ0) is 19.0. The summed E-state index contributed by atoms with van der Waals surface area (Å²) in [6.07, 6.45) is 3.18. The molecule has 1 fully saturated rings. The molecule has 0 spiro atoms. The number of sulfone groups is 1. The summed E-state index contributed by atoms with van der Waals surface area (Å²) in [5.41, 5.74) is 6.13. The van der Waals surface area contributed by atoms with Crippen LogP contribution < -0.4 is 10.9 Å². The Bertz CT molecular complexity index is 819. The number of hydrogen-bond acceptors (Lipinski definition) is 4. The van der Waals surface area contributed by atoms with E-state index in [2.05, 4.69) is 16.9 Å². The number of hydrogen-bond donors (Lipinski definition) is 2. The molecule has 2 unspecified atom stereocenters. The van der Waals surface area contributed by atoms with Gasteiger partial charge in [0.2, 0.25) is 5.91 Å². The van der Waals surface area contributed by atoms with E-state index < -0.39 is 15.7 Å². The number of nitrogens with one attached hydrogen (secondary N) is 2. The summed E-state index contributed by atoms with van der Waals surface area (Å²) >= 11 is 0. The highest BCUT2D eigenvalue weighted by Crippen LogP contribution is 2.59. The Kier molecular flexibility index (Phi) is 5.09. The number of allylic oxidation sites excluding steroid dienone is 2. The summed E-state index contributed by atoms with van der Waals surface area (Å²) in [4.78, 5) is 24.5. The number of rotatable bonds is 4. The van der Waals surface area contributed by atoms with Crippen molar-refractivity contribution in [2.75, 3.05) is 6.26 Å². The van der Waals surface area contributed by atoms with Crippen LogP contribution >= 0.6 is 0 Å². The first-order valence-corrected chi connectivity index (χ1v) is 9.89. The average molecular weight is 364 g/mol. The summed E-state index contributed by atoms with van der Waals surface area (Å²) in [6.45, 7) is 8.02. The van der Waals surface area contributed by atoms with Crippen molar-refractivity contribution in [2.24, 2.45) is 17.3 Å². The van der Waals surface area contributed by atoms with E-state index in [1.807, 2.05) is 27.7 Å². The van der Waals surface area contributed by atoms with Gasteiger partial charge in [-0.05, 0) is 49.4 Å².